The summed E-state index contributed by atoms with van der Waals surface area (Å²) in [4.78, 5) is 13.6. The molecule has 1 aliphatic carbocycles. The molecule has 0 spiro atoms. The van der Waals surface area contributed by atoms with Crippen LogP contribution in [0.3, 0.4) is 0 Å². The summed E-state index contributed by atoms with van der Waals surface area (Å²) in [5.74, 6) is -0.303. The van der Waals surface area contributed by atoms with E-state index in [2.05, 4.69) is 5.32 Å². The van der Waals surface area contributed by atoms with Gasteiger partial charge in [-0.2, -0.15) is 26.3 Å². The Morgan fingerprint density at radius 3 is 2.06 bits per heavy atom. The molecule has 1 aliphatic rings. The molecule has 3 atom stereocenters. The van der Waals surface area contributed by atoms with E-state index in [0.29, 0.717) is 25.0 Å². The number of nitrogens with one attached hydrogen (secondary N) is 1. The lowest BCUT2D eigenvalue weighted by atomic mass is 9.92. The lowest BCUT2D eigenvalue weighted by Gasteiger charge is -2.27. The number of hydrogen-bond donors (Lipinski definition) is 1. The minimum atomic E-state index is -4.92. The molecule has 0 bridgehead atoms. The number of ether oxygens (including phenoxy) is 1. The van der Waals surface area contributed by atoms with E-state index >= 15 is 0 Å². The van der Waals surface area contributed by atoms with Crippen LogP contribution in [0.5, 0.6) is 0 Å². The van der Waals surface area contributed by atoms with Crippen molar-refractivity contribution in [2.45, 2.75) is 49.9 Å². The molecule has 3 unspecified atom stereocenters. The minimum Gasteiger partial charge on any atom is -0.373 e. The number of carbonyl (C=O) groups is 1. The van der Waals surface area contributed by atoms with E-state index in [9.17, 15) is 31.1 Å². The second kappa shape index (κ2) is 9.62. The first-order chi connectivity index (χ1) is 15.4. The molecule has 0 saturated heterocycles. The van der Waals surface area contributed by atoms with Gasteiger partial charge in [-0.15, -0.1) is 0 Å². The van der Waals surface area contributed by atoms with E-state index in [0.717, 1.165) is 5.56 Å². The SMILES string of the molecule is CN(C)C(=O)NC1CCC(OCc2cc(C(F)(F)F)cc(C(F)(F)F)c2)C1c1ccccc1. The number of amides is 2. The van der Waals surface area contributed by atoms with Crippen LogP contribution >= 0.6 is 0 Å². The average Bonchev–Trinajstić information content (AvgIpc) is 3.13. The van der Waals surface area contributed by atoms with E-state index in [1.54, 1.807) is 14.1 Å². The summed E-state index contributed by atoms with van der Waals surface area (Å²) in [6.07, 6.45) is -9.29. The van der Waals surface area contributed by atoms with Crippen LogP contribution in [0.2, 0.25) is 0 Å². The molecule has 0 heterocycles. The van der Waals surface area contributed by atoms with Crippen molar-refractivity contribution in [3.05, 3.63) is 70.8 Å². The topological polar surface area (TPSA) is 41.6 Å². The summed E-state index contributed by atoms with van der Waals surface area (Å²) in [6, 6.07) is 10.0. The van der Waals surface area contributed by atoms with Crippen molar-refractivity contribution in [1.29, 1.82) is 0 Å². The quantitative estimate of drug-likeness (QED) is 0.555. The van der Waals surface area contributed by atoms with E-state index < -0.39 is 36.2 Å². The Balaban J connectivity index is 1.84. The summed E-state index contributed by atoms with van der Waals surface area (Å²) in [6.45, 7) is -0.421. The van der Waals surface area contributed by atoms with Crippen molar-refractivity contribution in [2.75, 3.05) is 14.1 Å². The monoisotopic (exact) mass is 474 g/mol. The number of carbonyl (C=O) groups excluding carboxylic acids is 1. The molecule has 0 aromatic heterocycles. The molecule has 2 aromatic rings. The molecule has 10 heteroatoms. The second-order valence-corrected chi connectivity index (χ2v) is 8.23. The molecule has 1 fully saturated rings. The lowest BCUT2D eigenvalue weighted by molar-refractivity contribution is -0.143. The highest BCUT2D eigenvalue weighted by atomic mass is 19.4. The zero-order valence-electron chi connectivity index (χ0n) is 18.0. The van der Waals surface area contributed by atoms with Gasteiger partial charge in [0.15, 0.2) is 0 Å². The Kier molecular flexibility index (Phi) is 7.26. The van der Waals surface area contributed by atoms with Crippen LogP contribution in [0.25, 0.3) is 0 Å². The maximum Gasteiger partial charge on any atom is 0.416 e. The second-order valence-electron chi connectivity index (χ2n) is 8.23. The Hall–Kier alpha value is -2.75. The van der Waals surface area contributed by atoms with Gasteiger partial charge in [0.05, 0.1) is 23.8 Å². The third kappa shape index (κ3) is 6.19. The summed E-state index contributed by atoms with van der Waals surface area (Å²) >= 11 is 0. The zero-order valence-corrected chi connectivity index (χ0v) is 18.0. The standard InChI is InChI=1S/C23H24F6N2O2/c1-31(2)21(32)30-18-8-9-19(20(18)15-6-4-3-5-7-15)33-13-14-10-16(22(24,25)26)12-17(11-14)23(27,28)29/h3-7,10-12,18-20H,8-9,13H2,1-2H3,(H,30,32). The van der Waals surface area contributed by atoms with Gasteiger partial charge in [-0.3, -0.25) is 0 Å². The fourth-order valence-corrected chi connectivity index (χ4v) is 4.03. The van der Waals surface area contributed by atoms with E-state index in [4.69, 9.17) is 4.74 Å². The maximum atomic E-state index is 13.1. The van der Waals surface area contributed by atoms with Gasteiger partial charge < -0.3 is 15.0 Å². The largest absolute Gasteiger partial charge is 0.416 e. The van der Waals surface area contributed by atoms with Gasteiger partial charge in [-0.25, -0.2) is 4.79 Å². The molecule has 180 valence electrons. The summed E-state index contributed by atoms with van der Waals surface area (Å²) in [5, 5.41) is 2.92. The lowest BCUT2D eigenvalue weighted by Crippen LogP contribution is -2.43. The van der Waals surface area contributed by atoms with Gasteiger partial charge in [-0.1, -0.05) is 30.3 Å². The van der Waals surface area contributed by atoms with Crippen molar-refractivity contribution in [3.63, 3.8) is 0 Å². The smallest absolute Gasteiger partial charge is 0.373 e. The van der Waals surface area contributed by atoms with Gasteiger partial charge in [0, 0.05) is 26.1 Å². The molecule has 3 rings (SSSR count). The highest BCUT2D eigenvalue weighted by molar-refractivity contribution is 5.74. The highest BCUT2D eigenvalue weighted by Gasteiger charge is 2.40. The van der Waals surface area contributed by atoms with Crippen LogP contribution in [-0.2, 0) is 23.7 Å². The van der Waals surface area contributed by atoms with Crippen LogP contribution in [0, 0.1) is 0 Å². The van der Waals surface area contributed by atoms with Crippen LogP contribution in [0.15, 0.2) is 48.5 Å². The molecule has 2 aromatic carbocycles. The molecule has 0 aliphatic heterocycles. The van der Waals surface area contributed by atoms with Crippen LogP contribution in [0.4, 0.5) is 31.1 Å². The average molecular weight is 474 g/mol. The number of halogens is 6. The number of benzene rings is 2. The van der Waals surface area contributed by atoms with Gasteiger partial charge in [-0.05, 0) is 42.2 Å². The predicted octanol–water partition coefficient (Wildman–Crippen LogP) is 5.83. The van der Waals surface area contributed by atoms with E-state index in [-0.39, 0.29) is 29.6 Å². The predicted molar refractivity (Wildman–Crippen MR) is 109 cm³/mol. The molecule has 0 radical (unpaired) electrons. The number of nitrogens with zero attached hydrogens (tertiary/aromatic N) is 1. The first-order valence-corrected chi connectivity index (χ1v) is 10.3. The highest BCUT2D eigenvalue weighted by Crippen LogP contribution is 2.39. The van der Waals surface area contributed by atoms with Crippen LogP contribution in [0.1, 0.15) is 41.0 Å². The number of urea groups is 1. The maximum absolute atomic E-state index is 13.1. The molecule has 1 saturated carbocycles. The summed E-state index contributed by atoms with van der Waals surface area (Å²) in [7, 11) is 3.20. The Labute approximate surface area is 187 Å². The van der Waals surface area contributed by atoms with Crippen molar-refractivity contribution < 1.29 is 35.9 Å². The van der Waals surface area contributed by atoms with Crippen LogP contribution in [-0.4, -0.2) is 37.2 Å². The van der Waals surface area contributed by atoms with E-state index in [1.165, 1.54) is 4.90 Å². The molecular formula is C23H24F6N2O2. The first-order valence-electron chi connectivity index (χ1n) is 10.3. The summed E-state index contributed by atoms with van der Waals surface area (Å²) < 4.78 is 84.7. The van der Waals surface area contributed by atoms with Crippen molar-refractivity contribution in [1.82, 2.24) is 10.2 Å². The molecule has 33 heavy (non-hydrogen) atoms. The Morgan fingerprint density at radius 2 is 1.55 bits per heavy atom. The van der Waals surface area contributed by atoms with Crippen molar-refractivity contribution in [3.8, 4) is 0 Å². The van der Waals surface area contributed by atoms with Gasteiger partial charge in [0.1, 0.15) is 0 Å². The molecular weight excluding hydrogens is 450 g/mol. The van der Waals surface area contributed by atoms with Crippen molar-refractivity contribution in [2.24, 2.45) is 0 Å². The summed E-state index contributed by atoms with van der Waals surface area (Å²) in [5.41, 5.74) is -2.11. The Bertz CT molecular complexity index is 927. The number of hydrogen-bond acceptors (Lipinski definition) is 2. The molecule has 1 N–H and O–H groups in total. The third-order valence-electron chi connectivity index (χ3n) is 5.61. The number of alkyl halides is 6. The third-order valence-corrected chi connectivity index (χ3v) is 5.61. The number of rotatable bonds is 5. The van der Waals surface area contributed by atoms with Gasteiger partial charge >= 0.3 is 18.4 Å². The first kappa shape index (κ1) is 24.9. The Morgan fingerprint density at radius 1 is 0.970 bits per heavy atom. The molecule has 2 amide bonds. The van der Waals surface area contributed by atoms with Crippen LogP contribution < -0.4 is 5.32 Å². The van der Waals surface area contributed by atoms with E-state index in [1.807, 2.05) is 30.3 Å². The van der Waals surface area contributed by atoms with Gasteiger partial charge in [0.25, 0.3) is 0 Å². The van der Waals surface area contributed by atoms with Crippen molar-refractivity contribution >= 4 is 6.03 Å². The fraction of sp³-hybridized carbons (Fsp3) is 0.435. The zero-order chi connectivity index (χ0) is 24.4. The molecule has 4 nitrogen and oxygen atoms in total. The normalized spacial score (nSPS) is 21.2. The minimum absolute atomic E-state index is 0.0959. The van der Waals surface area contributed by atoms with Gasteiger partial charge in [0.2, 0.25) is 0 Å². The fourth-order valence-electron chi connectivity index (χ4n) is 4.03.